The Kier molecular flexibility index (Phi) is 26.4. The third kappa shape index (κ3) is 19.6. The van der Waals surface area contributed by atoms with Crippen LogP contribution in [0, 0.1) is 12.3 Å². The number of carbonyl (C=O) groups excluding carboxylic acids is 2. The number of hydrogen-bond donors (Lipinski definition) is 5. The normalized spacial score (nSPS) is 17.1. The number of allylic oxidation sites excluding steroid dienone is 8. The van der Waals surface area contributed by atoms with Gasteiger partial charge in [-0.05, 0) is 176 Å². The van der Waals surface area contributed by atoms with Gasteiger partial charge in [-0.1, -0.05) is 125 Å². The van der Waals surface area contributed by atoms with E-state index in [1.807, 2.05) is 29.8 Å². The van der Waals surface area contributed by atoms with Crippen LogP contribution in [-0.2, 0) is 67.7 Å². The number of ether oxygens (including phenoxy) is 5. The summed E-state index contributed by atoms with van der Waals surface area (Å²) in [6, 6.07) is 39.9. The lowest BCUT2D eigenvalue weighted by molar-refractivity contribution is -0.436. The van der Waals surface area contributed by atoms with Gasteiger partial charge in [0.2, 0.25) is 5.69 Å². The second-order valence-corrected chi connectivity index (χ2v) is 33.2. The molecule has 0 spiro atoms. The fraction of sp³-hybridized carbons (Fsp3) is 0.452. The summed E-state index contributed by atoms with van der Waals surface area (Å²) in [4.78, 5) is 27.7. The Morgan fingerprint density at radius 3 is 1.93 bits per heavy atom. The number of aromatic nitrogens is 2. The number of amides is 1. The number of aryl methyl sites for hydroxylation is 1. The average molecular weight is 1490 g/mol. The molecular weight excluding hydrogens is 1380 g/mol. The molecule has 2 aliphatic carbocycles. The molecular formula is C84H106N7O13S2+. The second kappa shape index (κ2) is 35.4. The summed E-state index contributed by atoms with van der Waals surface area (Å²) in [5, 5.41) is 16.3. The maximum Gasteiger partial charge on any atom is 0.264 e. The number of nitrogens with zero attached hydrogens (tertiary/aromatic N) is 4. The van der Waals surface area contributed by atoms with Crippen molar-refractivity contribution in [3.63, 3.8) is 0 Å². The molecule has 0 bridgehead atoms. The Morgan fingerprint density at radius 2 is 1.27 bits per heavy atom. The first-order chi connectivity index (χ1) is 50.8. The minimum absolute atomic E-state index is 0.108. The van der Waals surface area contributed by atoms with Gasteiger partial charge in [-0.25, -0.2) is 4.68 Å². The van der Waals surface area contributed by atoms with E-state index >= 15 is 0 Å². The number of fused-ring (bicyclic) bond motifs is 7. The molecule has 566 valence electrons. The highest BCUT2D eigenvalue weighted by Gasteiger charge is 2.46. The quantitative estimate of drug-likeness (QED) is 0.0136. The molecule has 1 aromatic heterocycles. The Labute approximate surface area is 625 Å². The van der Waals surface area contributed by atoms with Crippen molar-refractivity contribution in [2.75, 3.05) is 114 Å². The molecule has 3 heterocycles. The lowest BCUT2D eigenvalue weighted by Crippen LogP contribution is -2.28. The first-order valence-corrected chi connectivity index (χ1v) is 40.7. The van der Waals surface area contributed by atoms with Gasteiger partial charge in [-0.15, -0.1) is 0 Å². The van der Waals surface area contributed by atoms with Crippen LogP contribution >= 0.6 is 0 Å². The summed E-state index contributed by atoms with van der Waals surface area (Å²) in [5.41, 5.74) is 21.6. The van der Waals surface area contributed by atoms with Gasteiger partial charge in [0.25, 0.3) is 26.1 Å². The fourth-order valence-electron chi connectivity index (χ4n) is 15.6. The van der Waals surface area contributed by atoms with Gasteiger partial charge in [-0.3, -0.25) is 18.7 Å². The summed E-state index contributed by atoms with van der Waals surface area (Å²) in [5.74, 6) is -1.01. The monoisotopic (exact) mass is 1480 g/mol. The molecule has 7 aromatic rings. The molecule has 1 amide bonds. The number of ketones is 1. The molecule has 0 saturated carbocycles. The zero-order chi connectivity index (χ0) is 75.2. The second-order valence-electron chi connectivity index (χ2n) is 30.0. The van der Waals surface area contributed by atoms with Gasteiger partial charge in [0.05, 0.1) is 103 Å². The Balaban J connectivity index is 0.654. The number of primary amides is 1. The smallest absolute Gasteiger partial charge is 0.264 e. The van der Waals surface area contributed by atoms with E-state index in [9.17, 15) is 35.5 Å². The van der Waals surface area contributed by atoms with Crippen molar-refractivity contribution < 1.29 is 63.8 Å². The van der Waals surface area contributed by atoms with Crippen LogP contribution in [0.15, 0.2) is 156 Å². The number of unbranched alkanes of at least 4 members (excludes halogenated alkanes) is 2. The number of Topliss-reactive ketones (excluding diaryl/α,β-unsaturated/α-hetero) is 1. The van der Waals surface area contributed by atoms with Crippen LogP contribution in [0.5, 0.6) is 0 Å². The van der Waals surface area contributed by atoms with Crippen molar-refractivity contribution in [3.8, 4) is 5.69 Å². The highest BCUT2D eigenvalue weighted by Crippen LogP contribution is 2.52. The molecule has 4 aliphatic rings. The van der Waals surface area contributed by atoms with Gasteiger partial charge in [0, 0.05) is 79.8 Å². The van der Waals surface area contributed by atoms with Gasteiger partial charge < -0.3 is 45.0 Å². The lowest BCUT2D eigenvalue weighted by atomic mass is 9.75. The molecule has 2 aliphatic heterocycles. The molecule has 20 nitrogen and oxygen atoms in total. The van der Waals surface area contributed by atoms with E-state index < -0.39 is 37.0 Å². The van der Waals surface area contributed by atoms with Crippen LogP contribution in [0.2, 0.25) is 0 Å². The van der Waals surface area contributed by atoms with Crippen LogP contribution in [0.3, 0.4) is 0 Å². The summed E-state index contributed by atoms with van der Waals surface area (Å²) < 4.78 is 99.8. The molecule has 6 aromatic carbocycles. The third-order valence-corrected chi connectivity index (χ3v) is 22.3. The van der Waals surface area contributed by atoms with Gasteiger partial charge in [-0.2, -0.15) is 26.5 Å². The van der Waals surface area contributed by atoms with Crippen LogP contribution in [0.1, 0.15) is 160 Å². The van der Waals surface area contributed by atoms with E-state index in [1.165, 1.54) is 33.2 Å². The molecule has 0 fully saturated rings. The van der Waals surface area contributed by atoms with Gasteiger partial charge >= 0.3 is 0 Å². The predicted molar refractivity (Wildman–Crippen MR) is 422 cm³/mol. The third-order valence-electron chi connectivity index (χ3n) is 20.7. The van der Waals surface area contributed by atoms with Crippen molar-refractivity contribution in [3.05, 3.63) is 201 Å². The largest absolute Gasteiger partial charge is 0.384 e. The van der Waals surface area contributed by atoms with Crippen LogP contribution in [0.25, 0.3) is 32.8 Å². The summed E-state index contributed by atoms with van der Waals surface area (Å²) in [7, 11) is -8.22. The van der Waals surface area contributed by atoms with Crippen molar-refractivity contribution in [1.29, 1.82) is 0 Å². The number of hydrogen-bond acceptors (Lipinski definition) is 15. The zero-order valence-electron chi connectivity index (χ0n) is 62.6. The molecule has 0 saturated heterocycles. The van der Waals surface area contributed by atoms with Crippen molar-refractivity contribution in [2.45, 2.75) is 136 Å². The molecule has 0 unspecified atom stereocenters. The van der Waals surface area contributed by atoms with Crippen molar-refractivity contribution in [2.24, 2.45) is 11.1 Å². The van der Waals surface area contributed by atoms with Crippen molar-refractivity contribution >= 4 is 81.8 Å². The minimum Gasteiger partial charge on any atom is -0.384 e. The van der Waals surface area contributed by atoms with E-state index in [0.29, 0.717) is 160 Å². The topological polar surface area (TPSA) is 263 Å². The Hall–Kier alpha value is -8.00. The highest BCUT2D eigenvalue weighted by molar-refractivity contribution is 7.86. The number of benzene rings is 6. The predicted octanol–water partition coefficient (Wildman–Crippen LogP) is 14.3. The molecule has 0 atom stereocenters. The molecule has 11 rings (SSSR count). The Bertz CT molecular complexity index is 4720. The molecule has 22 heteroatoms. The number of anilines is 2. The van der Waals surface area contributed by atoms with Gasteiger partial charge in [0.15, 0.2) is 11.5 Å². The SMILES string of the molecule is Cc1nn(-c2ccc(C(N)=O)c(NCCCOCCOCCOCCOCCOCCCNCc3ccc(C4=C(/C=C/C5=[N+](CCCCS(=O)(=O)O)c6c(ccc7ccccc67)C5(C)C)CCC/C4=C\C=C4/N(CCCCS(=O)(=O)O)c5ccc6ccccc6c5C4(C)C)cc3)c2)c2c1C(=O)CC(C)(C)C2. The van der Waals surface area contributed by atoms with Crippen LogP contribution in [-0.4, -0.2) is 161 Å². The summed E-state index contributed by atoms with van der Waals surface area (Å²) in [6.07, 6.45) is 16.4. The number of carbonyl (C=O) groups is 2. The van der Waals surface area contributed by atoms with E-state index in [-0.39, 0.29) is 22.7 Å². The van der Waals surface area contributed by atoms with Crippen LogP contribution < -0.4 is 21.3 Å². The van der Waals surface area contributed by atoms with E-state index in [2.05, 4.69) is 177 Å². The van der Waals surface area contributed by atoms with E-state index in [4.69, 9.17) is 34.5 Å². The number of nitrogens with one attached hydrogen (secondary N) is 2. The van der Waals surface area contributed by atoms with E-state index in [1.54, 1.807) is 6.07 Å². The van der Waals surface area contributed by atoms with E-state index in [0.717, 1.165) is 93.7 Å². The maximum absolute atomic E-state index is 13.0. The zero-order valence-corrected chi connectivity index (χ0v) is 64.3. The highest BCUT2D eigenvalue weighted by atomic mass is 32.2. The van der Waals surface area contributed by atoms with Gasteiger partial charge in [0.1, 0.15) is 6.54 Å². The van der Waals surface area contributed by atoms with Crippen molar-refractivity contribution in [1.82, 2.24) is 15.1 Å². The molecule has 106 heavy (non-hydrogen) atoms. The first kappa shape index (κ1) is 79.1. The number of nitrogens with two attached hydrogens (primary N) is 1. The summed E-state index contributed by atoms with van der Waals surface area (Å²) in [6.45, 7) is 23.0. The Morgan fingerprint density at radius 1 is 0.660 bits per heavy atom. The number of rotatable bonds is 39. The standard InChI is InChI=1S/C84H105N7O13S2/c1-59-77-73(56-82(2,3)57-74(77)92)91(88-59)66-33-34-69(81(85)93)71(55-66)87-40-18-44-101-46-48-103-50-52-104-51-49-102-47-45-100-43-17-39-86-58-60-25-27-65(28-26-60)78-63(31-37-75-83(4,5)70-35-29-62-20-9-11-24-68(62)80(70)90(75)42-13-15-54-106(97,98)99)21-16-22-64(78)32-38-76-84(6,7)79-67-23-10-8-19-61(67)30-36-72(79)89(76)41-12-14-53-105(94,95)96/h8-11,19-20,23-38,55,86H,12-18,21-22,39-54,56-58H2,1-7H3,(H4-,85,87,93,94,95,96,97,98,99)/p+1. The fourth-order valence-corrected chi connectivity index (χ4v) is 16.8. The lowest BCUT2D eigenvalue weighted by Gasteiger charge is -2.29. The molecule has 0 radical (unpaired) electrons. The first-order valence-electron chi connectivity index (χ1n) is 37.5. The molecule has 6 N–H and O–H groups in total. The minimum atomic E-state index is -4.11. The summed E-state index contributed by atoms with van der Waals surface area (Å²) >= 11 is 0. The average Bonchev–Trinajstić information content (AvgIpc) is 1.58. The van der Waals surface area contributed by atoms with Crippen LogP contribution in [0.4, 0.5) is 17.1 Å². The maximum atomic E-state index is 13.0.